The van der Waals surface area contributed by atoms with Gasteiger partial charge in [0.15, 0.2) is 0 Å². The zero-order valence-electron chi connectivity index (χ0n) is 20.6. The van der Waals surface area contributed by atoms with Crippen LogP contribution in [0.15, 0.2) is 60.9 Å². The molecule has 9 nitrogen and oxygen atoms in total. The van der Waals surface area contributed by atoms with Crippen LogP contribution in [0.5, 0.6) is 0 Å². The maximum Gasteiger partial charge on any atom is 0.417 e. The number of alkyl halides is 3. The van der Waals surface area contributed by atoms with Crippen LogP contribution in [-0.4, -0.2) is 42.8 Å². The number of nitrogens with one attached hydrogen (secondary N) is 2. The molecule has 2 heterocycles. The molecule has 0 aliphatic heterocycles. The lowest BCUT2D eigenvalue weighted by atomic mass is 9.99. The van der Waals surface area contributed by atoms with Crippen LogP contribution in [0.4, 0.5) is 23.2 Å². The molecular formula is C26H22F4N6O3. The number of aliphatic hydroxyl groups excluding tert-OH is 1. The predicted octanol–water partition coefficient (Wildman–Crippen LogP) is 3.95. The summed E-state index contributed by atoms with van der Waals surface area (Å²) in [5.74, 6) is -2.90. The van der Waals surface area contributed by atoms with Gasteiger partial charge in [-0.3, -0.25) is 14.3 Å². The number of aliphatic hydroxyl groups is 1. The van der Waals surface area contributed by atoms with Gasteiger partial charge in [-0.1, -0.05) is 30.3 Å². The fourth-order valence-corrected chi connectivity index (χ4v) is 3.67. The minimum atomic E-state index is -4.89. The number of amides is 2. The molecule has 0 aliphatic rings. The van der Waals surface area contributed by atoms with E-state index in [0.717, 1.165) is 6.07 Å². The summed E-state index contributed by atoms with van der Waals surface area (Å²) in [6, 6.07) is 10.9. The van der Waals surface area contributed by atoms with E-state index >= 15 is 0 Å². The molecule has 0 radical (unpaired) electrons. The molecule has 0 saturated carbocycles. The summed E-state index contributed by atoms with van der Waals surface area (Å²) < 4.78 is 57.2. The average molecular weight is 542 g/mol. The lowest BCUT2D eigenvalue weighted by Gasteiger charge is -2.16. The minimum absolute atomic E-state index is 0.0514. The Bertz CT molecular complexity index is 1520. The van der Waals surface area contributed by atoms with E-state index in [9.17, 15) is 32.3 Å². The Morgan fingerprint density at radius 2 is 1.85 bits per heavy atom. The van der Waals surface area contributed by atoms with Gasteiger partial charge in [-0.15, -0.1) is 0 Å². The second-order valence-electron chi connectivity index (χ2n) is 8.51. The molecule has 0 bridgehead atoms. The van der Waals surface area contributed by atoms with E-state index in [1.165, 1.54) is 37.1 Å². The molecule has 3 N–H and O–H groups in total. The molecule has 2 amide bonds. The van der Waals surface area contributed by atoms with Gasteiger partial charge in [0, 0.05) is 24.4 Å². The highest BCUT2D eigenvalue weighted by atomic mass is 19.4. The van der Waals surface area contributed by atoms with E-state index in [1.54, 1.807) is 30.3 Å². The summed E-state index contributed by atoms with van der Waals surface area (Å²) >= 11 is 0. The largest absolute Gasteiger partial charge is 0.417 e. The number of halogens is 4. The first-order chi connectivity index (χ1) is 18.4. The van der Waals surface area contributed by atoms with Crippen molar-refractivity contribution in [2.24, 2.45) is 7.05 Å². The number of anilines is 1. The van der Waals surface area contributed by atoms with E-state index in [-0.39, 0.29) is 35.5 Å². The van der Waals surface area contributed by atoms with E-state index in [1.807, 2.05) is 0 Å². The third-order valence-corrected chi connectivity index (χ3v) is 5.58. The van der Waals surface area contributed by atoms with Crippen LogP contribution >= 0.6 is 0 Å². The number of benzene rings is 2. The molecule has 0 spiro atoms. The van der Waals surface area contributed by atoms with Crippen molar-refractivity contribution in [3.63, 3.8) is 0 Å². The van der Waals surface area contributed by atoms with Gasteiger partial charge in [-0.05, 0) is 25.1 Å². The molecule has 4 rings (SSSR count). The predicted molar refractivity (Wildman–Crippen MR) is 133 cm³/mol. The van der Waals surface area contributed by atoms with Crippen molar-refractivity contribution in [1.29, 1.82) is 0 Å². The smallest absolute Gasteiger partial charge is 0.384 e. The number of carbonyl (C=O) groups excluding carboxylic acids is 2. The van der Waals surface area contributed by atoms with Crippen molar-refractivity contribution >= 4 is 17.5 Å². The molecule has 2 aromatic heterocycles. The molecule has 4 aromatic rings. The van der Waals surface area contributed by atoms with Crippen LogP contribution in [0, 0.1) is 5.82 Å². The number of aryl methyl sites for hydroxylation is 1. The Morgan fingerprint density at radius 3 is 2.46 bits per heavy atom. The Labute approximate surface area is 219 Å². The van der Waals surface area contributed by atoms with Crippen LogP contribution < -0.4 is 10.6 Å². The fourth-order valence-electron chi connectivity index (χ4n) is 3.67. The van der Waals surface area contributed by atoms with Crippen LogP contribution in [-0.2, 0) is 24.6 Å². The monoisotopic (exact) mass is 542 g/mol. The number of nitrogens with zero attached hydrogens (tertiary/aromatic N) is 4. The van der Waals surface area contributed by atoms with Crippen molar-refractivity contribution in [3.05, 3.63) is 83.7 Å². The number of rotatable bonds is 7. The van der Waals surface area contributed by atoms with Gasteiger partial charge in [0.25, 0.3) is 5.91 Å². The summed E-state index contributed by atoms with van der Waals surface area (Å²) in [5.41, 5.74) is -1.65. The third kappa shape index (κ3) is 6.26. The second-order valence-corrected chi connectivity index (χ2v) is 8.51. The molecule has 202 valence electrons. The molecular weight excluding hydrogens is 520 g/mol. The zero-order chi connectivity index (χ0) is 28.3. The van der Waals surface area contributed by atoms with Gasteiger partial charge in [0.05, 0.1) is 40.9 Å². The third-order valence-electron chi connectivity index (χ3n) is 5.58. The highest BCUT2D eigenvalue weighted by molar-refractivity contribution is 6.06. The number of aromatic nitrogens is 4. The molecule has 0 saturated heterocycles. The summed E-state index contributed by atoms with van der Waals surface area (Å²) in [6.45, 7) is 1.17. The standard InChI is InChI=1S/C26H22F4N6O3/c1-14(37)24(38)32-13-22-31-12-21(23(34-22)15-6-4-3-5-7-15)33-25(39)17-10-16(20-8-9-36(2)35-20)18(11-19(17)27)26(28,29)30/h3-12,14,37H,13H2,1-2H3,(H,32,38)(H,33,39)/t14-/m0/s1. The van der Waals surface area contributed by atoms with Gasteiger partial charge in [-0.25, -0.2) is 14.4 Å². The quantitative estimate of drug-likeness (QED) is 0.304. The summed E-state index contributed by atoms with van der Waals surface area (Å²) in [4.78, 5) is 33.3. The van der Waals surface area contributed by atoms with Crippen molar-refractivity contribution in [3.8, 4) is 22.5 Å². The zero-order valence-corrected chi connectivity index (χ0v) is 20.6. The van der Waals surface area contributed by atoms with E-state index in [0.29, 0.717) is 5.56 Å². The fraction of sp³-hybridized carbons (Fsp3) is 0.192. The molecule has 1 atom stereocenters. The molecule has 2 aromatic carbocycles. The number of hydrogen-bond donors (Lipinski definition) is 3. The van der Waals surface area contributed by atoms with Crippen LogP contribution in [0.1, 0.15) is 28.7 Å². The lowest BCUT2D eigenvalue weighted by Crippen LogP contribution is -2.32. The lowest BCUT2D eigenvalue weighted by molar-refractivity contribution is -0.137. The van der Waals surface area contributed by atoms with Crippen molar-refractivity contribution in [2.75, 3.05) is 5.32 Å². The minimum Gasteiger partial charge on any atom is -0.384 e. The highest BCUT2D eigenvalue weighted by Crippen LogP contribution is 2.38. The maximum absolute atomic E-state index is 14.9. The van der Waals surface area contributed by atoms with Crippen molar-refractivity contribution in [2.45, 2.75) is 25.7 Å². The van der Waals surface area contributed by atoms with Crippen LogP contribution in [0.3, 0.4) is 0 Å². The van der Waals surface area contributed by atoms with Crippen molar-refractivity contribution in [1.82, 2.24) is 25.1 Å². The van der Waals surface area contributed by atoms with Gasteiger partial charge in [0.2, 0.25) is 5.91 Å². The first-order valence-corrected chi connectivity index (χ1v) is 11.5. The maximum atomic E-state index is 14.9. The normalized spacial score (nSPS) is 12.2. The van der Waals surface area contributed by atoms with Crippen LogP contribution in [0.2, 0.25) is 0 Å². The Balaban J connectivity index is 1.72. The van der Waals surface area contributed by atoms with Crippen molar-refractivity contribution < 1.29 is 32.3 Å². The molecule has 0 unspecified atom stereocenters. The summed E-state index contributed by atoms with van der Waals surface area (Å²) in [7, 11) is 1.51. The molecule has 0 aliphatic carbocycles. The molecule has 39 heavy (non-hydrogen) atoms. The first-order valence-electron chi connectivity index (χ1n) is 11.5. The van der Waals surface area contributed by atoms with Crippen LogP contribution in [0.25, 0.3) is 22.5 Å². The second kappa shape index (κ2) is 11.0. The van der Waals surface area contributed by atoms with Gasteiger partial charge in [-0.2, -0.15) is 18.3 Å². The van der Waals surface area contributed by atoms with Gasteiger partial charge in [0.1, 0.15) is 17.7 Å². The molecule has 0 fully saturated rings. The van der Waals surface area contributed by atoms with Gasteiger partial charge >= 0.3 is 6.18 Å². The first kappa shape index (κ1) is 27.4. The Kier molecular flexibility index (Phi) is 7.72. The Morgan fingerprint density at radius 1 is 1.13 bits per heavy atom. The topological polar surface area (TPSA) is 122 Å². The SMILES string of the molecule is C[C@H](O)C(=O)NCc1ncc(NC(=O)c2cc(-c3ccn(C)n3)c(C(F)(F)F)cc2F)c(-c2ccccc2)n1. The summed E-state index contributed by atoms with van der Waals surface area (Å²) in [5, 5.41) is 18.3. The number of hydrogen-bond acceptors (Lipinski definition) is 6. The van der Waals surface area contributed by atoms with Gasteiger partial charge < -0.3 is 15.7 Å². The van der Waals surface area contributed by atoms with E-state index in [4.69, 9.17) is 0 Å². The number of carbonyl (C=O) groups is 2. The average Bonchev–Trinajstić information content (AvgIpc) is 3.33. The molecule has 13 heteroatoms. The summed E-state index contributed by atoms with van der Waals surface area (Å²) in [6.07, 6.45) is -3.48. The highest BCUT2D eigenvalue weighted by Gasteiger charge is 2.36. The van der Waals surface area contributed by atoms with E-state index < -0.39 is 46.6 Å². The Hall–Kier alpha value is -4.65. The van der Waals surface area contributed by atoms with E-state index in [2.05, 4.69) is 25.7 Å².